The van der Waals surface area contributed by atoms with Crippen LogP contribution in [0, 0.1) is 0 Å². The summed E-state index contributed by atoms with van der Waals surface area (Å²) < 4.78 is 9.76. The second-order valence-electron chi connectivity index (χ2n) is 4.55. The number of ketones is 1. The van der Waals surface area contributed by atoms with E-state index in [1.54, 1.807) is 26.8 Å². The largest absolute Gasteiger partial charge is 0.444 e. The molecular formula is C11H16N2O4. The highest BCUT2D eigenvalue weighted by atomic mass is 16.6. The van der Waals surface area contributed by atoms with Gasteiger partial charge in [-0.15, -0.1) is 0 Å². The fourth-order valence-corrected chi connectivity index (χ4v) is 1.08. The van der Waals surface area contributed by atoms with Crippen molar-refractivity contribution in [3.8, 4) is 0 Å². The van der Waals surface area contributed by atoms with E-state index in [4.69, 9.17) is 9.26 Å². The van der Waals surface area contributed by atoms with Gasteiger partial charge in [0.05, 0.1) is 19.2 Å². The van der Waals surface area contributed by atoms with Gasteiger partial charge in [0.1, 0.15) is 11.4 Å². The molecule has 0 radical (unpaired) electrons. The SMILES string of the molecule is CC(C)(C)OC(=O)NCC(=O)Cc1ccno1. The lowest BCUT2D eigenvalue weighted by Crippen LogP contribution is -2.35. The molecule has 0 bridgehead atoms. The molecule has 0 atom stereocenters. The fraction of sp³-hybridized carbons (Fsp3) is 0.545. The number of carbonyl (C=O) groups is 2. The molecule has 1 aromatic heterocycles. The average Bonchev–Trinajstić information content (AvgIpc) is 2.64. The first kappa shape index (κ1) is 13.2. The standard InChI is InChI=1S/C11H16N2O4/c1-11(2,3)16-10(15)12-7-8(14)6-9-4-5-13-17-9/h4-5H,6-7H2,1-3H3,(H,12,15). The number of nitrogens with zero attached hydrogens (tertiary/aromatic N) is 1. The maximum absolute atomic E-state index is 11.4. The zero-order valence-corrected chi connectivity index (χ0v) is 10.1. The summed E-state index contributed by atoms with van der Waals surface area (Å²) in [7, 11) is 0. The van der Waals surface area contributed by atoms with E-state index < -0.39 is 11.7 Å². The van der Waals surface area contributed by atoms with Crippen LogP contribution in [-0.4, -0.2) is 29.2 Å². The first-order valence-corrected chi connectivity index (χ1v) is 5.25. The number of nitrogens with one attached hydrogen (secondary N) is 1. The van der Waals surface area contributed by atoms with Gasteiger partial charge in [0, 0.05) is 6.07 Å². The zero-order chi connectivity index (χ0) is 12.9. The average molecular weight is 240 g/mol. The van der Waals surface area contributed by atoms with Crippen LogP contribution in [-0.2, 0) is 16.0 Å². The molecule has 0 spiro atoms. The van der Waals surface area contributed by atoms with Gasteiger partial charge >= 0.3 is 6.09 Å². The van der Waals surface area contributed by atoms with Crippen molar-refractivity contribution in [2.75, 3.05) is 6.54 Å². The Morgan fingerprint density at radius 1 is 1.47 bits per heavy atom. The number of Topliss-reactive ketones (excluding diaryl/α,β-unsaturated/α-hetero) is 1. The number of amides is 1. The van der Waals surface area contributed by atoms with Gasteiger partial charge in [-0.1, -0.05) is 5.16 Å². The third kappa shape index (κ3) is 5.70. The Bertz CT molecular complexity index is 379. The molecule has 0 aliphatic rings. The van der Waals surface area contributed by atoms with Crippen LogP contribution in [0.5, 0.6) is 0 Å². The van der Waals surface area contributed by atoms with E-state index in [2.05, 4.69) is 10.5 Å². The molecule has 1 aromatic rings. The summed E-state index contributed by atoms with van der Waals surface area (Å²) >= 11 is 0. The summed E-state index contributed by atoms with van der Waals surface area (Å²) in [6, 6.07) is 1.60. The summed E-state index contributed by atoms with van der Waals surface area (Å²) in [5, 5.41) is 5.86. The molecule has 0 aliphatic heterocycles. The van der Waals surface area contributed by atoms with Gasteiger partial charge in [0.15, 0.2) is 5.78 Å². The molecule has 0 saturated heterocycles. The minimum atomic E-state index is -0.608. The Labute approximate surface area is 99.3 Å². The van der Waals surface area contributed by atoms with Crippen LogP contribution in [0.3, 0.4) is 0 Å². The first-order valence-electron chi connectivity index (χ1n) is 5.25. The van der Waals surface area contributed by atoms with Crippen LogP contribution in [0.15, 0.2) is 16.8 Å². The summed E-state index contributed by atoms with van der Waals surface area (Å²) in [5.74, 6) is 0.300. The number of ether oxygens (including phenoxy) is 1. The highest BCUT2D eigenvalue weighted by molar-refractivity contribution is 5.85. The van der Waals surface area contributed by atoms with Crippen LogP contribution in [0.4, 0.5) is 4.79 Å². The molecule has 1 N–H and O–H groups in total. The summed E-state index contributed by atoms with van der Waals surface area (Å²) in [6.07, 6.45) is 0.961. The lowest BCUT2D eigenvalue weighted by Gasteiger charge is -2.19. The second-order valence-corrected chi connectivity index (χ2v) is 4.55. The minimum Gasteiger partial charge on any atom is -0.444 e. The highest BCUT2D eigenvalue weighted by Gasteiger charge is 2.16. The molecule has 6 nitrogen and oxygen atoms in total. The zero-order valence-electron chi connectivity index (χ0n) is 10.1. The molecule has 1 rings (SSSR count). The Morgan fingerprint density at radius 3 is 2.71 bits per heavy atom. The van der Waals surface area contributed by atoms with Crippen molar-refractivity contribution in [2.45, 2.75) is 32.8 Å². The van der Waals surface area contributed by atoms with Crippen LogP contribution in [0.1, 0.15) is 26.5 Å². The van der Waals surface area contributed by atoms with E-state index in [9.17, 15) is 9.59 Å². The normalized spacial score (nSPS) is 11.0. The molecule has 17 heavy (non-hydrogen) atoms. The monoisotopic (exact) mass is 240 g/mol. The minimum absolute atomic E-state index is 0.0877. The lowest BCUT2D eigenvalue weighted by atomic mass is 10.2. The molecular weight excluding hydrogens is 224 g/mol. The van der Waals surface area contributed by atoms with Crippen molar-refractivity contribution in [2.24, 2.45) is 0 Å². The van der Waals surface area contributed by atoms with E-state index in [0.717, 1.165) is 0 Å². The Kier molecular flexibility index (Phi) is 4.25. The van der Waals surface area contributed by atoms with Crippen LogP contribution in [0.25, 0.3) is 0 Å². The van der Waals surface area contributed by atoms with Crippen LogP contribution >= 0.6 is 0 Å². The number of hydrogen-bond acceptors (Lipinski definition) is 5. The van der Waals surface area contributed by atoms with Crippen molar-refractivity contribution < 1.29 is 18.8 Å². The Hall–Kier alpha value is -1.85. The number of rotatable bonds is 4. The maximum Gasteiger partial charge on any atom is 0.408 e. The van der Waals surface area contributed by atoms with E-state index >= 15 is 0 Å². The van der Waals surface area contributed by atoms with Gasteiger partial charge in [-0.2, -0.15) is 0 Å². The van der Waals surface area contributed by atoms with Crippen molar-refractivity contribution in [3.05, 3.63) is 18.0 Å². The summed E-state index contributed by atoms with van der Waals surface area (Å²) in [4.78, 5) is 22.7. The quantitative estimate of drug-likeness (QED) is 0.858. The van der Waals surface area contributed by atoms with E-state index in [1.807, 2.05) is 0 Å². The molecule has 1 amide bonds. The first-order chi connectivity index (χ1) is 7.87. The van der Waals surface area contributed by atoms with Gasteiger partial charge in [-0.3, -0.25) is 4.79 Å². The van der Waals surface area contributed by atoms with Gasteiger partial charge in [-0.25, -0.2) is 4.79 Å². The maximum atomic E-state index is 11.4. The Balaban J connectivity index is 2.26. The second kappa shape index (κ2) is 5.47. The molecule has 0 fully saturated rings. The van der Waals surface area contributed by atoms with Crippen molar-refractivity contribution in [1.82, 2.24) is 10.5 Å². The van der Waals surface area contributed by atoms with Gasteiger partial charge in [0.2, 0.25) is 0 Å². The van der Waals surface area contributed by atoms with Crippen molar-refractivity contribution >= 4 is 11.9 Å². The number of alkyl carbamates (subject to hydrolysis) is 1. The van der Waals surface area contributed by atoms with Crippen LogP contribution in [0.2, 0.25) is 0 Å². The number of hydrogen-bond donors (Lipinski definition) is 1. The molecule has 1 heterocycles. The predicted octanol–water partition coefficient (Wildman–Crippen LogP) is 1.31. The van der Waals surface area contributed by atoms with Gasteiger partial charge < -0.3 is 14.6 Å². The smallest absolute Gasteiger partial charge is 0.408 e. The number of aromatic nitrogens is 1. The van der Waals surface area contributed by atoms with Crippen molar-refractivity contribution in [3.63, 3.8) is 0 Å². The predicted molar refractivity (Wildman–Crippen MR) is 59.5 cm³/mol. The van der Waals surface area contributed by atoms with E-state index in [1.165, 1.54) is 6.20 Å². The topological polar surface area (TPSA) is 81.4 Å². The summed E-state index contributed by atoms with van der Waals surface area (Å²) in [6.45, 7) is 5.17. The van der Waals surface area contributed by atoms with E-state index in [-0.39, 0.29) is 18.7 Å². The number of carbonyl (C=O) groups excluding carboxylic acids is 2. The third-order valence-electron chi connectivity index (χ3n) is 1.69. The summed E-state index contributed by atoms with van der Waals surface area (Å²) in [5.41, 5.74) is -0.571. The van der Waals surface area contributed by atoms with Crippen LogP contribution < -0.4 is 5.32 Å². The molecule has 6 heteroatoms. The van der Waals surface area contributed by atoms with Gasteiger partial charge in [0.25, 0.3) is 0 Å². The molecule has 0 unspecified atom stereocenters. The highest BCUT2D eigenvalue weighted by Crippen LogP contribution is 2.06. The fourth-order valence-electron chi connectivity index (χ4n) is 1.08. The molecule has 0 saturated carbocycles. The Morgan fingerprint density at radius 2 is 2.18 bits per heavy atom. The van der Waals surface area contributed by atoms with Gasteiger partial charge in [-0.05, 0) is 20.8 Å². The van der Waals surface area contributed by atoms with Crippen molar-refractivity contribution in [1.29, 1.82) is 0 Å². The molecule has 0 aliphatic carbocycles. The molecule has 0 aromatic carbocycles. The lowest BCUT2D eigenvalue weighted by molar-refractivity contribution is -0.117. The third-order valence-corrected chi connectivity index (χ3v) is 1.69. The van der Waals surface area contributed by atoms with E-state index in [0.29, 0.717) is 5.76 Å². The molecule has 94 valence electrons.